The monoisotopic (exact) mass is 190 g/mol. The van der Waals surface area contributed by atoms with Gasteiger partial charge in [-0.1, -0.05) is 50.3 Å². The van der Waals surface area contributed by atoms with Gasteiger partial charge >= 0.3 is 0 Å². The van der Waals surface area contributed by atoms with E-state index < -0.39 is 0 Å². The number of benzene rings is 1. The predicted molar refractivity (Wildman–Crippen MR) is 65.7 cm³/mol. The number of rotatable bonds is 2. The summed E-state index contributed by atoms with van der Waals surface area (Å²) in [5.41, 5.74) is 2.86. The summed E-state index contributed by atoms with van der Waals surface area (Å²) in [7, 11) is 0. The van der Waals surface area contributed by atoms with Gasteiger partial charge in [0.25, 0.3) is 0 Å². The predicted octanol–water partition coefficient (Wildman–Crippen LogP) is 4.53. The summed E-state index contributed by atoms with van der Waals surface area (Å²) >= 11 is 0. The van der Waals surface area contributed by atoms with E-state index in [-0.39, 0.29) is 0 Å². The molecule has 0 bridgehead atoms. The zero-order valence-corrected chi connectivity index (χ0v) is 9.88. The molecule has 0 N–H and O–H groups in total. The topological polar surface area (TPSA) is 0 Å². The molecule has 0 saturated carbocycles. The van der Waals surface area contributed by atoms with Crippen LogP contribution in [-0.2, 0) is 6.42 Å². The van der Waals surface area contributed by atoms with Crippen molar-refractivity contribution in [3.8, 4) is 0 Å². The Kier molecular flexibility index (Phi) is 7.92. The molecule has 0 saturated heterocycles. The van der Waals surface area contributed by atoms with E-state index >= 15 is 0 Å². The molecule has 1 aromatic rings. The Hall–Kier alpha value is -1.04. The van der Waals surface area contributed by atoms with Gasteiger partial charge < -0.3 is 0 Å². The van der Waals surface area contributed by atoms with Gasteiger partial charge in [0.1, 0.15) is 0 Å². The van der Waals surface area contributed by atoms with E-state index in [1.54, 1.807) is 0 Å². The molecular formula is C14H22. The second-order valence-electron chi connectivity index (χ2n) is 3.26. The molecule has 0 aliphatic carbocycles. The van der Waals surface area contributed by atoms with E-state index in [1.165, 1.54) is 11.1 Å². The van der Waals surface area contributed by atoms with Gasteiger partial charge in [0, 0.05) is 0 Å². The highest BCUT2D eigenvalue weighted by Crippen LogP contribution is 2.06. The van der Waals surface area contributed by atoms with Crippen molar-refractivity contribution in [1.82, 2.24) is 0 Å². The second kappa shape index (κ2) is 8.55. The summed E-state index contributed by atoms with van der Waals surface area (Å²) in [5.74, 6) is 0. The van der Waals surface area contributed by atoms with Crippen LogP contribution in [0.3, 0.4) is 0 Å². The summed E-state index contributed by atoms with van der Waals surface area (Å²) in [5, 5.41) is 0. The highest BCUT2D eigenvalue weighted by atomic mass is 13.9. The Balaban J connectivity index is 0.000000292. The molecule has 1 aromatic carbocycles. The molecule has 0 unspecified atom stereocenters. The minimum Gasteiger partial charge on any atom is -0.0917 e. The van der Waals surface area contributed by atoms with Gasteiger partial charge in [0.15, 0.2) is 0 Å². The van der Waals surface area contributed by atoms with E-state index in [4.69, 9.17) is 0 Å². The maximum atomic E-state index is 2.18. The normalized spacial score (nSPS) is 9.71. The largest absolute Gasteiger partial charge is 0.0917 e. The van der Waals surface area contributed by atoms with Crippen LogP contribution in [0.25, 0.3) is 0 Å². The summed E-state index contributed by atoms with van der Waals surface area (Å²) in [4.78, 5) is 0. The van der Waals surface area contributed by atoms with Crippen LogP contribution in [0, 0.1) is 6.92 Å². The highest BCUT2D eigenvalue weighted by molar-refractivity contribution is 5.24. The molecular weight excluding hydrogens is 168 g/mol. The molecule has 0 radical (unpaired) electrons. The average molecular weight is 190 g/mol. The van der Waals surface area contributed by atoms with Crippen LogP contribution in [0.2, 0.25) is 0 Å². The Morgan fingerprint density at radius 3 is 2.07 bits per heavy atom. The van der Waals surface area contributed by atoms with Crippen LogP contribution in [0.4, 0.5) is 0 Å². The fourth-order valence-electron chi connectivity index (χ4n) is 1.24. The molecule has 0 aromatic heterocycles. The van der Waals surface area contributed by atoms with Gasteiger partial charge in [0.2, 0.25) is 0 Å². The van der Waals surface area contributed by atoms with Crippen molar-refractivity contribution in [1.29, 1.82) is 0 Å². The van der Waals surface area contributed by atoms with Crippen molar-refractivity contribution in [2.45, 2.75) is 40.5 Å². The van der Waals surface area contributed by atoms with Gasteiger partial charge in [-0.05, 0) is 37.8 Å². The first-order chi connectivity index (χ1) is 6.76. The van der Waals surface area contributed by atoms with Crippen molar-refractivity contribution >= 4 is 0 Å². The standard InChI is InChI=1S/C9H12.C5H10/c1-3-9-7-5-4-6-8(9)2;1-3-5-4-2/h4-7H,3H2,1-2H3;3,5H,4H2,1-2H3/b;5-3-. The minimum absolute atomic E-state index is 1.15. The van der Waals surface area contributed by atoms with E-state index in [9.17, 15) is 0 Å². The van der Waals surface area contributed by atoms with E-state index in [2.05, 4.69) is 57.2 Å². The van der Waals surface area contributed by atoms with Crippen molar-refractivity contribution in [3.05, 3.63) is 47.5 Å². The highest BCUT2D eigenvalue weighted by Gasteiger charge is 1.89. The Morgan fingerprint density at radius 1 is 1.14 bits per heavy atom. The van der Waals surface area contributed by atoms with Crippen LogP contribution < -0.4 is 0 Å². The molecule has 0 amide bonds. The third kappa shape index (κ3) is 5.58. The van der Waals surface area contributed by atoms with E-state index in [1.807, 2.05) is 6.92 Å². The molecule has 14 heavy (non-hydrogen) atoms. The number of hydrogen-bond donors (Lipinski definition) is 0. The Labute approximate surface area is 88.7 Å². The summed E-state index contributed by atoms with van der Waals surface area (Å²) < 4.78 is 0. The van der Waals surface area contributed by atoms with Gasteiger partial charge in [-0.3, -0.25) is 0 Å². The van der Waals surface area contributed by atoms with Gasteiger partial charge in [-0.15, -0.1) is 0 Å². The molecule has 78 valence electrons. The summed E-state index contributed by atoms with van der Waals surface area (Å²) in [6.07, 6.45) is 6.49. The quantitative estimate of drug-likeness (QED) is 0.601. The summed E-state index contributed by atoms with van der Waals surface area (Å²) in [6.45, 7) is 8.49. The van der Waals surface area contributed by atoms with Crippen molar-refractivity contribution in [2.24, 2.45) is 0 Å². The van der Waals surface area contributed by atoms with Crippen LogP contribution in [0.1, 0.15) is 38.3 Å². The van der Waals surface area contributed by atoms with Crippen LogP contribution in [0.15, 0.2) is 36.4 Å². The first kappa shape index (κ1) is 13.0. The van der Waals surface area contributed by atoms with Crippen LogP contribution in [0.5, 0.6) is 0 Å². The SMILES string of the molecule is C/C=C\CC.CCc1ccccc1C. The fraction of sp³-hybridized carbons (Fsp3) is 0.429. The molecule has 0 heterocycles. The van der Waals surface area contributed by atoms with Crippen LogP contribution in [-0.4, -0.2) is 0 Å². The van der Waals surface area contributed by atoms with Gasteiger partial charge in [0.05, 0.1) is 0 Å². The molecule has 0 atom stereocenters. The maximum absolute atomic E-state index is 2.18. The Morgan fingerprint density at radius 2 is 1.79 bits per heavy atom. The van der Waals surface area contributed by atoms with E-state index in [0.717, 1.165) is 12.8 Å². The average Bonchev–Trinajstić information content (AvgIpc) is 2.21. The van der Waals surface area contributed by atoms with Crippen molar-refractivity contribution < 1.29 is 0 Å². The maximum Gasteiger partial charge on any atom is -0.0305 e. The zero-order chi connectivity index (χ0) is 10.8. The van der Waals surface area contributed by atoms with Crippen LogP contribution >= 0.6 is 0 Å². The molecule has 1 rings (SSSR count). The van der Waals surface area contributed by atoms with Crippen molar-refractivity contribution in [3.63, 3.8) is 0 Å². The molecule has 0 aliphatic heterocycles. The van der Waals surface area contributed by atoms with E-state index in [0.29, 0.717) is 0 Å². The first-order valence-corrected chi connectivity index (χ1v) is 5.41. The molecule has 0 nitrogen and oxygen atoms in total. The minimum atomic E-state index is 1.15. The Bertz CT molecular complexity index is 258. The lowest BCUT2D eigenvalue weighted by Gasteiger charge is -1.98. The lowest BCUT2D eigenvalue weighted by molar-refractivity contribution is 1.11. The molecule has 0 fully saturated rings. The third-order valence-corrected chi connectivity index (χ3v) is 2.11. The van der Waals surface area contributed by atoms with Gasteiger partial charge in [-0.2, -0.15) is 0 Å². The lowest BCUT2D eigenvalue weighted by Crippen LogP contribution is -1.82. The first-order valence-electron chi connectivity index (χ1n) is 5.41. The fourth-order valence-corrected chi connectivity index (χ4v) is 1.24. The van der Waals surface area contributed by atoms with Crippen molar-refractivity contribution in [2.75, 3.05) is 0 Å². The number of aryl methyl sites for hydroxylation is 2. The molecule has 0 heteroatoms. The second-order valence-corrected chi connectivity index (χ2v) is 3.26. The summed E-state index contributed by atoms with van der Waals surface area (Å²) in [6, 6.07) is 8.49. The smallest absolute Gasteiger partial charge is 0.0305 e. The van der Waals surface area contributed by atoms with Gasteiger partial charge in [-0.25, -0.2) is 0 Å². The lowest BCUT2D eigenvalue weighted by atomic mass is 10.1. The molecule has 0 spiro atoms. The number of hydrogen-bond acceptors (Lipinski definition) is 0. The number of allylic oxidation sites excluding steroid dienone is 2. The zero-order valence-electron chi connectivity index (χ0n) is 9.88. The third-order valence-electron chi connectivity index (χ3n) is 2.11. The molecule has 0 aliphatic rings.